The molecule has 0 aromatic carbocycles. The molecule has 0 spiro atoms. The first-order valence-electron chi connectivity index (χ1n) is 5.55. The number of hydrogen-bond acceptors (Lipinski definition) is 4. The molecule has 0 atom stereocenters. The van der Waals surface area contributed by atoms with Crippen LogP contribution < -0.4 is 4.90 Å². The Balaban J connectivity index is 2.78. The Kier molecular flexibility index (Phi) is 4.99. The highest BCUT2D eigenvalue weighted by atomic mass is 16.1. The molecule has 1 aromatic rings. The maximum absolute atomic E-state index is 11.2. The van der Waals surface area contributed by atoms with E-state index in [1.807, 2.05) is 24.1 Å². The van der Waals surface area contributed by atoms with Gasteiger partial charge in [0.25, 0.3) is 0 Å². The van der Waals surface area contributed by atoms with E-state index < -0.39 is 0 Å². The van der Waals surface area contributed by atoms with Crippen molar-refractivity contribution in [3.8, 4) is 0 Å². The van der Waals surface area contributed by atoms with Crippen LogP contribution in [-0.4, -0.2) is 23.6 Å². The van der Waals surface area contributed by atoms with Gasteiger partial charge in [0, 0.05) is 31.3 Å². The summed E-state index contributed by atoms with van der Waals surface area (Å²) in [5.74, 6) is -0.447. The molecule has 0 saturated heterocycles. The van der Waals surface area contributed by atoms with Gasteiger partial charge in [0.1, 0.15) is 0 Å². The normalized spacial score (nSPS) is 10.2. The quantitative estimate of drug-likeness (QED) is 0.344. The minimum atomic E-state index is -0.223. The van der Waals surface area contributed by atoms with E-state index in [1.54, 1.807) is 24.7 Å². The van der Waals surface area contributed by atoms with Crippen LogP contribution in [0.1, 0.15) is 13.8 Å². The highest BCUT2D eigenvalue weighted by molar-refractivity contribution is 6.18. The molecule has 0 N–H and O–H groups in total. The first kappa shape index (κ1) is 13.8. The van der Waals surface area contributed by atoms with E-state index >= 15 is 0 Å². The molecule has 0 amide bonds. The molecule has 0 radical (unpaired) electrons. The fourth-order valence-electron chi connectivity index (χ4n) is 1.42. The Morgan fingerprint density at radius 3 is 2.22 bits per heavy atom. The average molecular weight is 244 g/mol. The molecule has 0 aliphatic heterocycles. The molecule has 0 bridgehead atoms. The van der Waals surface area contributed by atoms with Gasteiger partial charge in [-0.25, -0.2) is 0 Å². The molecular weight excluding hydrogens is 228 g/mol. The van der Waals surface area contributed by atoms with Gasteiger partial charge in [0.15, 0.2) is 11.6 Å². The Hall–Kier alpha value is -2.23. The summed E-state index contributed by atoms with van der Waals surface area (Å²) in [6, 6.07) is 3.73. The summed E-state index contributed by atoms with van der Waals surface area (Å²) in [7, 11) is 1.88. The molecule has 0 aliphatic rings. The topological polar surface area (TPSA) is 50.3 Å². The van der Waals surface area contributed by atoms with Crippen molar-refractivity contribution in [2.24, 2.45) is 0 Å². The number of Topliss-reactive ketones (excluding diaryl/α,β-unsaturated/α-hetero) is 2. The Morgan fingerprint density at radius 2 is 1.72 bits per heavy atom. The molecular formula is C14H16N2O2. The van der Waals surface area contributed by atoms with Gasteiger partial charge >= 0.3 is 0 Å². The van der Waals surface area contributed by atoms with Gasteiger partial charge in [-0.1, -0.05) is 0 Å². The highest BCUT2D eigenvalue weighted by Gasteiger charge is 2.07. The number of allylic oxidation sites excluding steroid dienone is 3. The average Bonchev–Trinajstić information content (AvgIpc) is 2.34. The third kappa shape index (κ3) is 3.97. The van der Waals surface area contributed by atoms with Gasteiger partial charge < -0.3 is 4.90 Å². The number of ketones is 2. The molecule has 0 unspecified atom stereocenters. The summed E-state index contributed by atoms with van der Waals surface area (Å²) in [5.41, 5.74) is 1.18. The molecule has 18 heavy (non-hydrogen) atoms. The van der Waals surface area contributed by atoms with E-state index in [9.17, 15) is 9.59 Å². The van der Waals surface area contributed by atoms with Crippen molar-refractivity contribution >= 4 is 17.3 Å². The number of hydrogen-bond donors (Lipinski definition) is 0. The van der Waals surface area contributed by atoms with Crippen LogP contribution in [0.5, 0.6) is 0 Å². The maximum Gasteiger partial charge on any atom is 0.163 e. The largest absolute Gasteiger partial charge is 0.351 e. The molecule has 1 aromatic heterocycles. The molecule has 4 nitrogen and oxygen atoms in total. The second kappa shape index (κ2) is 6.49. The number of pyridine rings is 1. The smallest absolute Gasteiger partial charge is 0.163 e. The van der Waals surface area contributed by atoms with Gasteiger partial charge in [-0.15, -0.1) is 0 Å². The first-order chi connectivity index (χ1) is 8.52. The lowest BCUT2D eigenvalue weighted by Crippen LogP contribution is -2.08. The zero-order chi connectivity index (χ0) is 13.5. The van der Waals surface area contributed by atoms with Crippen molar-refractivity contribution < 1.29 is 9.59 Å². The maximum atomic E-state index is 11.2. The second-order valence-corrected chi connectivity index (χ2v) is 3.85. The van der Waals surface area contributed by atoms with E-state index in [4.69, 9.17) is 0 Å². The fraction of sp³-hybridized carbons (Fsp3) is 0.214. The van der Waals surface area contributed by atoms with Crippen LogP contribution in [0.25, 0.3) is 0 Å². The van der Waals surface area contributed by atoms with Gasteiger partial charge in [0.05, 0.1) is 5.57 Å². The molecule has 0 saturated carbocycles. The van der Waals surface area contributed by atoms with E-state index in [-0.39, 0.29) is 17.1 Å². The van der Waals surface area contributed by atoms with E-state index in [1.165, 1.54) is 19.9 Å². The van der Waals surface area contributed by atoms with Gasteiger partial charge in [-0.2, -0.15) is 0 Å². The lowest BCUT2D eigenvalue weighted by atomic mass is 10.1. The molecule has 0 fully saturated rings. The second-order valence-electron chi connectivity index (χ2n) is 3.85. The monoisotopic (exact) mass is 244 g/mol. The lowest BCUT2D eigenvalue weighted by molar-refractivity contribution is -0.119. The van der Waals surface area contributed by atoms with E-state index in [0.717, 1.165) is 5.69 Å². The standard InChI is InChI=1S/C14H16N2O2/c1-11(17)14(12(2)18)5-4-10-16(3)13-6-8-15-9-7-13/h4-10H,1-3H3/b10-4+. The number of anilines is 1. The van der Waals surface area contributed by atoms with E-state index in [2.05, 4.69) is 4.98 Å². The summed E-state index contributed by atoms with van der Waals surface area (Å²) in [6.45, 7) is 2.77. The van der Waals surface area contributed by atoms with Crippen LogP contribution in [0.2, 0.25) is 0 Å². The van der Waals surface area contributed by atoms with Crippen LogP contribution in [0.3, 0.4) is 0 Å². The minimum absolute atomic E-state index is 0.203. The van der Waals surface area contributed by atoms with Crippen molar-refractivity contribution in [3.63, 3.8) is 0 Å². The summed E-state index contributed by atoms with van der Waals surface area (Å²) in [5, 5.41) is 0. The van der Waals surface area contributed by atoms with Crippen molar-refractivity contribution in [2.75, 3.05) is 11.9 Å². The zero-order valence-electron chi connectivity index (χ0n) is 10.8. The van der Waals surface area contributed by atoms with Gasteiger partial charge in [-0.3, -0.25) is 14.6 Å². The molecule has 1 rings (SSSR count). The third-order valence-electron chi connectivity index (χ3n) is 2.40. The Morgan fingerprint density at radius 1 is 1.17 bits per heavy atom. The number of aromatic nitrogens is 1. The number of rotatable bonds is 5. The van der Waals surface area contributed by atoms with Crippen molar-refractivity contribution in [1.82, 2.24) is 4.98 Å². The summed E-state index contributed by atoms with van der Waals surface area (Å²) in [4.78, 5) is 28.2. The lowest BCUT2D eigenvalue weighted by Gasteiger charge is -2.12. The van der Waals surface area contributed by atoms with Crippen LogP contribution >= 0.6 is 0 Å². The summed E-state index contributed by atoms with van der Waals surface area (Å²) >= 11 is 0. The number of nitrogens with zero attached hydrogens (tertiary/aromatic N) is 2. The van der Waals surface area contributed by atoms with Crippen LogP contribution in [-0.2, 0) is 9.59 Å². The van der Waals surface area contributed by atoms with Crippen LogP contribution in [0.15, 0.2) is 48.5 Å². The predicted octanol–water partition coefficient (Wildman–Crippen LogP) is 2.14. The van der Waals surface area contributed by atoms with Crippen LogP contribution in [0.4, 0.5) is 5.69 Å². The van der Waals surface area contributed by atoms with Crippen LogP contribution in [0, 0.1) is 0 Å². The van der Waals surface area contributed by atoms with E-state index in [0.29, 0.717) is 0 Å². The van der Waals surface area contributed by atoms with Gasteiger partial charge in [-0.05, 0) is 38.1 Å². The molecule has 1 heterocycles. The minimum Gasteiger partial charge on any atom is -0.351 e. The zero-order valence-corrected chi connectivity index (χ0v) is 10.8. The molecule has 94 valence electrons. The van der Waals surface area contributed by atoms with Crippen molar-refractivity contribution in [3.05, 3.63) is 48.5 Å². The third-order valence-corrected chi connectivity index (χ3v) is 2.40. The molecule has 0 aliphatic carbocycles. The fourth-order valence-corrected chi connectivity index (χ4v) is 1.42. The van der Waals surface area contributed by atoms with Crippen molar-refractivity contribution in [2.45, 2.75) is 13.8 Å². The van der Waals surface area contributed by atoms with Gasteiger partial charge in [0.2, 0.25) is 0 Å². The SMILES string of the molecule is CC(=O)C(=C/C=C/N(C)c1ccncc1)C(C)=O. The Bertz CT molecular complexity index is 474. The summed E-state index contributed by atoms with van der Waals surface area (Å²) in [6.07, 6.45) is 8.39. The molecule has 4 heteroatoms. The number of carbonyl (C=O) groups excluding carboxylic acids is 2. The predicted molar refractivity (Wildman–Crippen MR) is 71.2 cm³/mol. The first-order valence-corrected chi connectivity index (χ1v) is 5.55. The summed E-state index contributed by atoms with van der Waals surface area (Å²) < 4.78 is 0. The highest BCUT2D eigenvalue weighted by Crippen LogP contribution is 2.10. The Labute approximate surface area is 107 Å². The number of carbonyl (C=O) groups is 2. The van der Waals surface area contributed by atoms with Crippen molar-refractivity contribution in [1.29, 1.82) is 0 Å².